The molecule has 3 atom stereocenters. The van der Waals surface area contributed by atoms with E-state index in [0.717, 1.165) is 47.4 Å². The quantitative estimate of drug-likeness (QED) is 0.829. The second-order valence-electron chi connectivity index (χ2n) is 7.42. The van der Waals surface area contributed by atoms with Crippen LogP contribution < -0.4 is 9.64 Å². The SMILES string of the molecule is COc1ccc(Cl)cc1N1CCN(C2CCC3CCC2C3)CC1. The third-order valence-electron chi connectivity index (χ3n) is 6.26. The van der Waals surface area contributed by atoms with Crippen molar-refractivity contribution in [3.63, 3.8) is 0 Å². The van der Waals surface area contributed by atoms with Gasteiger partial charge in [-0.05, 0) is 55.7 Å². The average molecular weight is 335 g/mol. The molecule has 2 bridgehead atoms. The molecule has 1 heterocycles. The molecule has 1 aromatic rings. The van der Waals surface area contributed by atoms with Crippen molar-refractivity contribution in [1.82, 2.24) is 4.90 Å². The molecule has 1 aliphatic heterocycles. The summed E-state index contributed by atoms with van der Waals surface area (Å²) in [5.74, 6) is 2.95. The van der Waals surface area contributed by atoms with Crippen molar-refractivity contribution in [1.29, 1.82) is 0 Å². The number of hydrogen-bond acceptors (Lipinski definition) is 3. The van der Waals surface area contributed by atoms with Crippen LogP contribution in [0, 0.1) is 11.8 Å². The number of benzene rings is 1. The van der Waals surface area contributed by atoms with E-state index in [1.807, 2.05) is 18.2 Å². The molecule has 0 aromatic heterocycles. The smallest absolute Gasteiger partial charge is 0.142 e. The van der Waals surface area contributed by atoms with Gasteiger partial charge in [0.1, 0.15) is 5.75 Å². The van der Waals surface area contributed by atoms with Gasteiger partial charge in [0.15, 0.2) is 0 Å². The first-order valence-electron chi connectivity index (χ1n) is 9.07. The van der Waals surface area contributed by atoms with Crippen molar-refractivity contribution in [2.75, 3.05) is 38.2 Å². The molecule has 0 radical (unpaired) electrons. The summed E-state index contributed by atoms with van der Waals surface area (Å²) in [6.07, 6.45) is 7.34. The van der Waals surface area contributed by atoms with E-state index < -0.39 is 0 Å². The molecule has 3 aliphatic rings. The molecule has 2 aliphatic carbocycles. The van der Waals surface area contributed by atoms with Crippen molar-refractivity contribution >= 4 is 17.3 Å². The lowest BCUT2D eigenvalue weighted by molar-refractivity contribution is 0.103. The molecule has 3 unspecified atom stereocenters. The Morgan fingerprint density at radius 3 is 2.61 bits per heavy atom. The maximum Gasteiger partial charge on any atom is 0.142 e. The normalized spacial score (nSPS) is 31.4. The Morgan fingerprint density at radius 2 is 1.83 bits per heavy atom. The van der Waals surface area contributed by atoms with Crippen molar-refractivity contribution in [3.05, 3.63) is 23.2 Å². The van der Waals surface area contributed by atoms with Gasteiger partial charge in [-0.1, -0.05) is 18.0 Å². The van der Waals surface area contributed by atoms with Crippen LogP contribution in [0.25, 0.3) is 0 Å². The summed E-state index contributed by atoms with van der Waals surface area (Å²) in [4.78, 5) is 5.20. The zero-order valence-corrected chi connectivity index (χ0v) is 14.8. The van der Waals surface area contributed by atoms with E-state index in [9.17, 15) is 0 Å². The van der Waals surface area contributed by atoms with Gasteiger partial charge < -0.3 is 9.64 Å². The first kappa shape index (κ1) is 15.6. The zero-order chi connectivity index (χ0) is 15.8. The van der Waals surface area contributed by atoms with E-state index in [-0.39, 0.29) is 0 Å². The van der Waals surface area contributed by atoms with Gasteiger partial charge >= 0.3 is 0 Å². The second kappa shape index (κ2) is 6.52. The number of fused-ring (bicyclic) bond motifs is 2. The fraction of sp³-hybridized carbons (Fsp3) is 0.684. The third-order valence-corrected chi connectivity index (χ3v) is 6.50. The van der Waals surface area contributed by atoms with Crippen LogP contribution in [0.4, 0.5) is 5.69 Å². The molecule has 0 amide bonds. The number of hydrogen-bond donors (Lipinski definition) is 0. The monoisotopic (exact) mass is 334 g/mol. The van der Waals surface area contributed by atoms with Crippen molar-refractivity contribution in [2.24, 2.45) is 11.8 Å². The molecule has 2 saturated carbocycles. The number of halogens is 1. The van der Waals surface area contributed by atoms with Crippen LogP contribution in [-0.2, 0) is 0 Å². The Bertz CT molecular complexity index is 556. The summed E-state index contributed by atoms with van der Waals surface area (Å²) in [5.41, 5.74) is 1.14. The molecular formula is C19H27ClN2O. The number of rotatable bonds is 3. The lowest BCUT2D eigenvalue weighted by atomic mass is 9.84. The van der Waals surface area contributed by atoms with Crippen LogP contribution in [0.3, 0.4) is 0 Å². The van der Waals surface area contributed by atoms with Gasteiger partial charge in [0, 0.05) is 37.2 Å². The standard InChI is InChI=1S/C19H27ClN2O/c1-23-19-7-5-16(20)13-18(19)22-10-8-21(9-11-22)17-6-3-14-2-4-15(17)12-14/h5,7,13-15,17H,2-4,6,8-12H2,1H3. The first-order chi connectivity index (χ1) is 11.2. The molecular weight excluding hydrogens is 308 g/mol. The van der Waals surface area contributed by atoms with Gasteiger partial charge in [0.05, 0.1) is 12.8 Å². The van der Waals surface area contributed by atoms with Crippen LogP contribution in [0.2, 0.25) is 5.02 Å². The van der Waals surface area contributed by atoms with Crippen molar-refractivity contribution in [2.45, 2.75) is 38.1 Å². The maximum atomic E-state index is 6.19. The summed E-state index contributed by atoms with van der Waals surface area (Å²) in [7, 11) is 1.74. The largest absolute Gasteiger partial charge is 0.495 e. The summed E-state index contributed by atoms with van der Waals surface area (Å²) < 4.78 is 5.52. The summed E-state index contributed by atoms with van der Waals surface area (Å²) in [6.45, 7) is 4.48. The maximum absolute atomic E-state index is 6.19. The third kappa shape index (κ3) is 3.06. The summed E-state index contributed by atoms with van der Waals surface area (Å²) in [5, 5.41) is 0.785. The number of methoxy groups -OCH3 is 1. The highest BCUT2D eigenvalue weighted by Crippen LogP contribution is 2.44. The molecule has 126 valence electrons. The van der Waals surface area contributed by atoms with Crippen LogP contribution in [-0.4, -0.2) is 44.2 Å². The fourth-order valence-electron chi connectivity index (χ4n) is 5.05. The summed E-state index contributed by atoms with van der Waals surface area (Å²) >= 11 is 6.19. The van der Waals surface area contributed by atoms with E-state index >= 15 is 0 Å². The molecule has 23 heavy (non-hydrogen) atoms. The topological polar surface area (TPSA) is 15.7 Å². The molecule has 3 fully saturated rings. The predicted octanol–water partition coefficient (Wildman–Crippen LogP) is 4.05. The van der Waals surface area contributed by atoms with Crippen LogP contribution in [0.5, 0.6) is 5.75 Å². The van der Waals surface area contributed by atoms with Gasteiger partial charge in [-0.25, -0.2) is 0 Å². The number of anilines is 1. The van der Waals surface area contributed by atoms with Crippen molar-refractivity contribution < 1.29 is 4.74 Å². The minimum atomic E-state index is 0.785. The zero-order valence-electron chi connectivity index (χ0n) is 14.0. The van der Waals surface area contributed by atoms with Crippen LogP contribution in [0.1, 0.15) is 32.1 Å². The Hall–Kier alpha value is -0.930. The van der Waals surface area contributed by atoms with E-state index in [1.54, 1.807) is 7.11 Å². The highest BCUT2D eigenvalue weighted by atomic mass is 35.5. The van der Waals surface area contributed by atoms with Gasteiger partial charge in [-0.3, -0.25) is 4.90 Å². The highest BCUT2D eigenvalue weighted by Gasteiger charge is 2.39. The predicted molar refractivity (Wildman–Crippen MR) is 95.6 cm³/mol. The lowest BCUT2D eigenvalue weighted by Gasteiger charge is -2.44. The van der Waals surface area contributed by atoms with E-state index in [1.165, 1.54) is 45.2 Å². The summed E-state index contributed by atoms with van der Waals surface area (Å²) in [6, 6.07) is 6.76. The molecule has 1 saturated heterocycles. The molecule has 0 spiro atoms. The second-order valence-corrected chi connectivity index (χ2v) is 7.86. The Morgan fingerprint density at radius 1 is 1.04 bits per heavy atom. The minimum absolute atomic E-state index is 0.785. The molecule has 4 rings (SSSR count). The van der Waals surface area contributed by atoms with Crippen LogP contribution >= 0.6 is 11.6 Å². The van der Waals surface area contributed by atoms with E-state index in [4.69, 9.17) is 16.3 Å². The molecule has 0 N–H and O–H groups in total. The number of piperazine rings is 1. The fourth-order valence-corrected chi connectivity index (χ4v) is 5.22. The van der Waals surface area contributed by atoms with E-state index in [0.29, 0.717) is 0 Å². The average Bonchev–Trinajstić information content (AvgIpc) is 2.96. The van der Waals surface area contributed by atoms with Gasteiger partial charge in [-0.15, -0.1) is 0 Å². The van der Waals surface area contributed by atoms with Gasteiger partial charge in [0.2, 0.25) is 0 Å². The number of nitrogens with zero attached hydrogens (tertiary/aromatic N) is 2. The Labute approximate surface area is 144 Å². The van der Waals surface area contributed by atoms with Crippen molar-refractivity contribution in [3.8, 4) is 5.75 Å². The lowest BCUT2D eigenvalue weighted by Crippen LogP contribution is -2.52. The minimum Gasteiger partial charge on any atom is -0.495 e. The first-order valence-corrected chi connectivity index (χ1v) is 9.45. The molecule has 3 nitrogen and oxygen atoms in total. The van der Waals surface area contributed by atoms with Gasteiger partial charge in [-0.2, -0.15) is 0 Å². The molecule has 1 aromatic carbocycles. The van der Waals surface area contributed by atoms with E-state index in [2.05, 4.69) is 9.80 Å². The van der Waals surface area contributed by atoms with Gasteiger partial charge in [0.25, 0.3) is 0 Å². The van der Waals surface area contributed by atoms with Crippen LogP contribution in [0.15, 0.2) is 18.2 Å². The highest BCUT2D eigenvalue weighted by molar-refractivity contribution is 6.30. The number of ether oxygens (including phenoxy) is 1. The molecule has 4 heteroatoms. The Balaban J connectivity index is 1.42. The Kier molecular flexibility index (Phi) is 4.42.